The van der Waals surface area contributed by atoms with E-state index < -0.39 is 18.4 Å². The van der Waals surface area contributed by atoms with Gasteiger partial charge < -0.3 is 5.11 Å². The van der Waals surface area contributed by atoms with Crippen molar-refractivity contribution in [1.82, 2.24) is 0 Å². The van der Waals surface area contributed by atoms with Gasteiger partial charge in [-0.1, -0.05) is 18.2 Å². The Morgan fingerprint density at radius 2 is 1.79 bits per heavy atom. The number of carbonyl (C=O) groups excluding carboxylic acids is 1. The second-order valence-corrected chi connectivity index (χ2v) is 2.55. The molecule has 0 heterocycles. The molecule has 0 aromatic heterocycles. The fourth-order valence-electron chi connectivity index (χ4n) is 1.05. The van der Waals surface area contributed by atoms with E-state index in [0.717, 1.165) is 0 Å². The molecule has 1 rings (SSSR count). The Morgan fingerprint density at radius 3 is 2.29 bits per heavy atom. The van der Waals surface area contributed by atoms with Crippen LogP contribution >= 0.6 is 0 Å². The lowest BCUT2D eigenvalue weighted by Crippen LogP contribution is -2.12. The van der Waals surface area contributed by atoms with E-state index in [1.165, 1.54) is 24.3 Å². The Balaban J connectivity index is 3.07. The number of carboxylic acid groups (broad SMARTS) is 1. The van der Waals surface area contributed by atoms with Gasteiger partial charge in [-0.25, -0.2) is 9.68 Å². The van der Waals surface area contributed by atoms with E-state index in [0.29, 0.717) is 0 Å². The summed E-state index contributed by atoms with van der Waals surface area (Å²) in [5, 5.41) is 16.8. The predicted octanol–water partition coefficient (Wildman–Crippen LogP) is 1.06. The normalized spacial score (nSPS) is 9.79. The zero-order valence-electron chi connectivity index (χ0n) is 7.14. The smallest absolute Gasteiger partial charge is 0.336 e. The van der Waals surface area contributed by atoms with Crippen LogP contribution in [-0.4, -0.2) is 28.7 Å². The number of carboxylic acids is 1. The van der Waals surface area contributed by atoms with E-state index in [-0.39, 0.29) is 11.1 Å². The molecule has 0 aliphatic heterocycles. The average molecular weight is 196 g/mol. The summed E-state index contributed by atoms with van der Waals surface area (Å²) < 4.78 is 0. The van der Waals surface area contributed by atoms with Crippen LogP contribution in [0.1, 0.15) is 20.7 Å². The van der Waals surface area contributed by atoms with Crippen LogP contribution in [0.25, 0.3) is 0 Å². The highest BCUT2D eigenvalue weighted by molar-refractivity contribution is 6.06. The molecule has 2 N–H and O–H groups in total. The van der Waals surface area contributed by atoms with Crippen LogP contribution in [0.4, 0.5) is 0 Å². The van der Waals surface area contributed by atoms with Gasteiger partial charge in [0, 0.05) is 5.56 Å². The molecule has 0 saturated carbocycles. The molecule has 0 spiro atoms. The second kappa shape index (κ2) is 4.50. The van der Waals surface area contributed by atoms with E-state index in [1.807, 2.05) is 0 Å². The average Bonchev–Trinajstić information content (AvgIpc) is 2.18. The van der Waals surface area contributed by atoms with Crippen LogP contribution in [0, 0.1) is 0 Å². The Kier molecular flexibility index (Phi) is 3.33. The summed E-state index contributed by atoms with van der Waals surface area (Å²) in [5.74, 6) is -1.77. The van der Waals surface area contributed by atoms with Gasteiger partial charge in [-0.2, -0.15) is 0 Å². The Labute approximate surface area is 79.5 Å². The van der Waals surface area contributed by atoms with Gasteiger partial charge >= 0.3 is 5.97 Å². The summed E-state index contributed by atoms with van der Waals surface area (Å²) in [6.45, 7) is -0.551. The van der Waals surface area contributed by atoms with E-state index in [4.69, 9.17) is 10.4 Å². The maximum absolute atomic E-state index is 11.2. The minimum Gasteiger partial charge on any atom is -0.478 e. The van der Waals surface area contributed by atoms with E-state index in [9.17, 15) is 9.59 Å². The number of hydrogen-bond acceptors (Lipinski definition) is 4. The summed E-state index contributed by atoms with van der Waals surface area (Å²) in [5.41, 5.74) is -0.0800. The number of carbonyl (C=O) groups is 2. The number of Topliss-reactive ketones (excluding diaryl/α,β-unsaturated/α-hetero) is 1. The van der Waals surface area contributed by atoms with Gasteiger partial charge in [-0.3, -0.25) is 10.1 Å². The highest BCUT2D eigenvalue weighted by atomic mass is 17.1. The molecule has 5 nitrogen and oxygen atoms in total. The summed E-state index contributed by atoms with van der Waals surface area (Å²) in [6, 6.07) is 5.73. The first-order valence-electron chi connectivity index (χ1n) is 3.78. The van der Waals surface area contributed by atoms with E-state index in [1.54, 1.807) is 0 Å². The Hall–Kier alpha value is -1.72. The highest BCUT2D eigenvalue weighted by Gasteiger charge is 2.15. The number of rotatable bonds is 4. The molecule has 0 radical (unpaired) electrons. The minimum absolute atomic E-state index is 0.0223. The van der Waals surface area contributed by atoms with Crippen molar-refractivity contribution in [3.8, 4) is 0 Å². The van der Waals surface area contributed by atoms with Crippen LogP contribution < -0.4 is 0 Å². The SMILES string of the molecule is O=C(O)c1ccccc1C(=O)COO. The van der Waals surface area contributed by atoms with Crippen LogP contribution in [0.15, 0.2) is 24.3 Å². The Morgan fingerprint density at radius 1 is 1.21 bits per heavy atom. The maximum Gasteiger partial charge on any atom is 0.336 e. The topological polar surface area (TPSA) is 83.8 Å². The van der Waals surface area contributed by atoms with Gasteiger partial charge in [0.1, 0.15) is 6.61 Å². The molecule has 5 heteroatoms. The number of aromatic carboxylic acids is 1. The van der Waals surface area contributed by atoms with Crippen LogP contribution in [-0.2, 0) is 4.89 Å². The number of ketones is 1. The van der Waals surface area contributed by atoms with E-state index >= 15 is 0 Å². The zero-order valence-corrected chi connectivity index (χ0v) is 7.14. The molecule has 0 aliphatic rings. The predicted molar refractivity (Wildman–Crippen MR) is 46.3 cm³/mol. The fraction of sp³-hybridized carbons (Fsp3) is 0.111. The third-order valence-electron chi connectivity index (χ3n) is 1.65. The molecule has 0 saturated heterocycles. The molecule has 1 aromatic carbocycles. The van der Waals surface area contributed by atoms with Crippen molar-refractivity contribution in [3.05, 3.63) is 35.4 Å². The van der Waals surface area contributed by atoms with E-state index in [2.05, 4.69) is 4.89 Å². The molecule has 0 atom stereocenters. The number of hydrogen-bond donors (Lipinski definition) is 2. The van der Waals surface area contributed by atoms with Crippen molar-refractivity contribution in [1.29, 1.82) is 0 Å². The summed E-state index contributed by atoms with van der Waals surface area (Å²) in [6.07, 6.45) is 0. The van der Waals surface area contributed by atoms with Crippen molar-refractivity contribution in [2.75, 3.05) is 6.61 Å². The molecule has 0 aliphatic carbocycles. The van der Waals surface area contributed by atoms with Crippen molar-refractivity contribution in [3.63, 3.8) is 0 Å². The van der Waals surface area contributed by atoms with Gasteiger partial charge in [0.2, 0.25) is 0 Å². The van der Waals surface area contributed by atoms with Gasteiger partial charge in [-0.05, 0) is 6.07 Å². The van der Waals surface area contributed by atoms with Gasteiger partial charge in [0.05, 0.1) is 5.56 Å². The first-order valence-corrected chi connectivity index (χ1v) is 3.78. The van der Waals surface area contributed by atoms with Crippen molar-refractivity contribution in [2.24, 2.45) is 0 Å². The van der Waals surface area contributed by atoms with Crippen LogP contribution in [0.2, 0.25) is 0 Å². The van der Waals surface area contributed by atoms with Gasteiger partial charge in [0.15, 0.2) is 5.78 Å². The first-order chi connectivity index (χ1) is 6.66. The largest absolute Gasteiger partial charge is 0.478 e. The molecular weight excluding hydrogens is 188 g/mol. The van der Waals surface area contributed by atoms with Gasteiger partial charge in [-0.15, -0.1) is 0 Å². The summed E-state index contributed by atoms with van der Waals surface area (Å²) in [7, 11) is 0. The zero-order chi connectivity index (χ0) is 10.6. The molecule has 74 valence electrons. The fourth-order valence-corrected chi connectivity index (χ4v) is 1.05. The lowest BCUT2D eigenvalue weighted by molar-refractivity contribution is -0.230. The molecular formula is C9H8O5. The lowest BCUT2D eigenvalue weighted by atomic mass is 10.0. The molecule has 0 amide bonds. The monoisotopic (exact) mass is 196 g/mol. The van der Waals surface area contributed by atoms with Gasteiger partial charge in [0.25, 0.3) is 0 Å². The molecule has 14 heavy (non-hydrogen) atoms. The maximum atomic E-state index is 11.2. The quantitative estimate of drug-likeness (QED) is 0.427. The lowest BCUT2D eigenvalue weighted by Gasteiger charge is -2.02. The second-order valence-electron chi connectivity index (χ2n) is 2.55. The van der Waals surface area contributed by atoms with Crippen molar-refractivity contribution < 1.29 is 24.8 Å². The number of benzene rings is 1. The molecule has 0 unspecified atom stereocenters. The van der Waals surface area contributed by atoms with Crippen LogP contribution in [0.3, 0.4) is 0 Å². The molecule has 0 fully saturated rings. The third-order valence-corrected chi connectivity index (χ3v) is 1.65. The highest BCUT2D eigenvalue weighted by Crippen LogP contribution is 2.09. The van der Waals surface area contributed by atoms with Crippen LogP contribution in [0.5, 0.6) is 0 Å². The standard InChI is InChI=1S/C9H8O5/c10-8(5-14-13)6-3-1-2-4-7(6)9(11)12/h1-4,13H,5H2,(H,11,12). The molecule has 1 aromatic rings. The molecule has 0 bridgehead atoms. The van der Waals surface area contributed by atoms with Crippen molar-refractivity contribution in [2.45, 2.75) is 0 Å². The minimum atomic E-state index is -1.19. The van der Waals surface area contributed by atoms with Crippen molar-refractivity contribution >= 4 is 11.8 Å². The summed E-state index contributed by atoms with van der Waals surface area (Å²) >= 11 is 0. The summed E-state index contributed by atoms with van der Waals surface area (Å²) in [4.78, 5) is 25.5. The first kappa shape index (κ1) is 10.4. The third kappa shape index (κ3) is 2.15. The Bertz CT molecular complexity index is 358.